The molecule has 1 aromatic carbocycles. The number of halogens is 3. The third-order valence-corrected chi connectivity index (χ3v) is 5.93. The van der Waals surface area contributed by atoms with Crippen LogP contribution in [0.2, 0.25) is 0 Å². The van der Waals surface area contributed by atoms with Crippen LogP contribution in [-0.4, -0.2) is 62.1 Å². The Morgan fingerprint density at radius 3 is 2.58 bits per heavy atom. The zero-order valence-electron chi connectivity index (χ0n) is 18.5. The van der Waals surface area contributed by atoms with Crippen LogP contribution in [-0.2, 0) is 15.7 Å². The molecule has 2 amide bonds. The minimum Gasteiger partial charge on any atom is -0.384 e. The van der Waals surface area contributed by atoms with Crippen molar-refractivity contribution in [3.05, 3.63) is 35.4 Å². The van der Waals surface area contributed by atoms with Gasteiger partial charge in [0, 0.05) is 36.7 Å². The van der Waals surface area contributed by atoms with E-state index in [0.29, 0.717) is 18.7 Å². The van der Waals surface area contributed by atoms with Crippen LogP contribution >= 0.6 is 0 Å². The quantitative estimate of drug-likeness (QED) is 0.648. The molecule has 6 nitrogen and oxygen atoms in total. The lowest BCUT2D eigenvalue weighted by molar-refractivity contribution is -0.137. The highest BCUT2D eigenvalue weighted by Gasteiger charge is 2.34. The van der Waals surface area contributed by atoms with E-state index in [4.69, 9.17) is 4.74 Å². The van der Waals surface area contributed by atoms with Gasteiger partial charge in [-0.1, -0.05) is 6.07 Å². The van der Waals surface area contributed by atoms with Crippen molar-refractivity contribution in [1.82, 2.24) is 15.5 Å². The van der Waals surface area contributed by atoms with Crippen LogP contribution in [0.5, 0.6) is 0 Å². The molecule has 1 aromatic rings. The summed E-state index contributed by atoms with van der Waals surface area (Å²) in [4.78, 5) is 26.9. The molecule has 0 saturated heterocycles. The first-order valence-electron chi connectivity index (χ1n) is 10.5. The normalized spacial score (nSPS) is 21.9. The summed E-state index contributed by atoms with van der Waals surface area (Å²) in [5.41, 5.74) is -1.05. The SMILES string of the molecule is COC[C@@H]1C[C@H](N(C)C(C)C)CC[C@@H]1NC(=O)CNC(=O)c1cccc(C(F)(F)F)c1. The van der Waals surface area contributed by atoms with Crippen LogP contribution in [0.3, 0.4) is 0 Å². The molecule has 2 rings (SSSR count). The van der Waals surface area contributed by atoms with E-state index in [0.717, 1.165) is 31.4 Å². The highest BCUT2D eigenvalue weighted by molar-refractivity contribution is 5.96. The van der Waals surface area contributed by atoms with E-state index in [1.165, 1.54) is 12.1 Å². The van der Waals surface area contributed by atoms with Crippen molar-refractivity contribution in [2.75, 3.05) is 27.3 Å². The molecule has 0 heterocycles. The lowest BCUT2D eigenvalue weighted by Gasteiger charge is -2.41. The second-order valence-electron chi connectivity index (χ2n) is 8.38. The molecule has 174 valence electrons. The van der Waals surface area contributed by atoms with Gasteiger partial charge in [0.25, 0.3) is 5.91 Å². The van der Waals surface area contributed by atoms with Crippen LogP contribution in [0.15, 0.2) is 24.3 Å². The van der Waals surface area contributed by atoms with Gasteiger partial charge in [0.05, 0.1) is 18.7 Å². The molecule has 0 spiro atoms. The number of methoxy groups -OCH3 is 1. The van der Waals surface area contributed by atoms with Crippen molar-refractivity contribution < 1.29 is 27.5 Å². The van der Waals surface area contributed by atoms with E-state index >= 15 is 0 Å². The predicted molar refractivity (Wildman–Crippen MR) is 112 cm³/mol. The van der Waals surface area contributed by atoms with E-state index in [1.54, 1.807) is 7.11 Å². The highest BCUT2D eigenvalue weighted by Crippen LogP contribution is 2.30. The fourth-order valence-electron chi connectivity index (χ4n) is 3.98. The Morgan fingerprint density at radius 1 is 1.26 bits per heavy atom. The van der Waals surface area contributed by atoms with Gasteiger partial charge in [-0.3, -0.25) is 9.59 Å². The lowest BCUT2D eigenvalue weighted by Crippen LogP contribution is -2.52. The van der Waals surface area contributed by atoms with Crippen LogP contribution in [0.4, 0.5) is 13.2 Å². The molecule has 1 aliphatic rings. The van der Waals surface area contributed by atoms with E-state index in [9.17, 15) is 22.8 Å². The number of nitrogens with one attached hydrogen (secondary N) is 2. The number of benzene rings is 1. The van der Waals surface area contributed by atoms with E-state index in [2.05, 4.69) is 36.4 Å². The van der Waals surface area contributed by atoms with Gasteiger partial charge in [-0.25, -0.2) is 0 Å². The molecular weight excluding hydrogens is 411 g/mol. The first-order valence-corrected chi connectivity index (χ1v) is 10.5. The third-order valence-electron chi connectivity index (χ3n) is 5.93. The molecule has 0 aliphatic heterocycles. The van der Waals surface area contributed by atoms with E-state index in [-0.39, 0.29) is 30.0 Å². The van der Waals surface area contributed by atoms with Gasteiger partial charge in [0.1, 0.15) is 0 Å². The van der Waals surface area contributed by atoms with E-state index < -0.39 is 17.6 Å². The summed E-state index contributed by atoms with van der Waals surface area (Å²) in [7, 11) is 3.73. The lowest BCUT2D eigenvalue weighted by atomic mass is 9.81. The van der Waals surface area contributed by atoms with Crippen molar-refractivity contribution in [3.63, 3.8) is 0 Å². The smallest absolute Gasteiger partial charge is 0.384 e. The number of carbonyl (C=O) groups is 2. The van der Waals surface area contributed by atoms with Crippen LogP contribution in [0.25, 0.3) is 0 Å². The number of carbonyl (C=O) groups excluding carboxylic acids is 2. The second-order valence-corrected chi connectivity index (χ2v) is 8.38. The predicted octanol–water partition coefficient (Wildman–Crippen LogP) is 3.08. The van der Waals surface area contributed by atoms with Gasteiger partial charge in [0.15, 0.2) is 0 Å². The summed E-state index contributed by atoms with van der Waals surface area (Å²) in [6.07, 6.45) is -1.91. The molecular formula is C22H32F3N3O3. The molecule has 3 atom stereocenters. The summed E-state index contributed by atoms with van der Waals surface area (Å²) in [5, 5.41) is 5.35. The van der Waals surface area contributed by atoms with Gasteiger partial charge in [-0.2, -0.15) is 13.2 Å². The van der Waals surface area contributed by atoms with Gasteiger partial charge in [0.2, 0.25) is 5.91 Å². The molecule has 0 bridgehead atoms. The first kappa shape index (κ1) is 25.1. The zero-order chi connectivity index (χ0) is 23.2. The Hall–Kier alpha value is -2.13. The van der Waals surface area contributed by atoms with Crippen molar-refractivity contribution in [1.29, 1.82) is 0 Å². The standard InChI is InChI=1S/C22H32F3N3O3/c1-14(2)28(3)18-8-9-19(16(11-18)13-31-4)27-20(29)12-26-21(30)15-6-5-7-17(10-15)22(23,24)25/h5-7,10,14,16,18-19H,8-9,11-13H2,1-4H3,(H,26,30)(H,27,29)/t16-,18+,19-/m0/s1. The fraction of sp³-hybridized carbons (Fsp3) is 0.636. The maximum absolute atomic E-state index is 12.8. The topological polar surface area (TPSA) is 70.7 Å². The average molecular weight is 444 g/mol. The summed E-state index contributed by atoms with van der Waals surface area (Å²) in [5.74, 6) is -0.952. The van der Waals surface area contributed by atoms with Gasteiger partial charge in [-0.05, 0) is 58.4 Å². The molecule has 9 heteroatoms. The maximum Gasteiger partial charge on any atom is 0.416 e. The average Bonchev–Trinajstić information content (AvgIpc) is 2.72. The Bertz CT molecular complexity index is 755. The molecule has 2 N–H and O–H groups in total. The van der Waals surface area contributed by atoms with Gasteiger partial charge >= 0.3 is 6.18 Å². The molecule has 0 aromatic heterocycles. The number of amides is 2. The number of nitrogens with zero attached hydrogens (tertiary/aromatic N) is 1. The van der Waals surface area contributed by atoms with Crippen molar-refractivity contribution in [2.24, 2.45) is 5.92 Å². The second kappa shape index (κ2) is 10.9. The molecule has 1 aliphatic carbocycles. The minimum atomic E-state index is -4.54. The third kappa shape index (κ3) is 7.21. The zero-order valence-corrected chi connectivity index (χ0v) is 18.5. The molecule has 1 saturated carbocycles. The summed E-state index contributed by atoms with van der Waals surface area (Å²) >= 11 is 0. The Morgan fingerprint density at radius 2 is 1.97 bits per heavy atom. The molecule has 1 fully saturated rings. The molecule has 31 heavy (non-hydrogen) atoms. The van der Waals surface area contributed by atoms with Gasteiger partial charge < -0.3 is 20.3 Å². The highest BCUT2D eigenvalue weighted by atomic mass is 19.4. The minimum absolute atomic E-state index is 0.0743. The summed E-state index contributed by atoms with van der Waals surface area (Å²) < 4.78 is 43.8. The summed E-state index contributed by atoms with van der Waals surface area (Å²) in [6.45, 7) is 4.50. The monoisotopic (exact) mass is 443 g/mol. The number of rotatable bonds is 8. The summed E-state index contributed by atoms with van der Waals surface area (Å²) in [6, 6.07) is 4.87. The molecule has 0 radical (unpaired) electrons. The Balaban J connectivity index is 1.91. The van der Waals surface area contributed by atoms with Crippen molar-refractivity contribution in [3.8, 4) is 0 Å². The van der Waals surface area contributed by atoms with Crippen LogP contribution in [0, 0.1) is 5.92 Å². The Kier molecular flexibility index (Phi) is 8.88. The number of hydrogen-bond donors (Lipinski definition) is 2. The molecule has 0 unspecified atom stereocenters. The van der Waals surface area contributed by atoms with E-state index in [1.807, 2.05) is 0 Å². The largest absolute Gasteiger partial charge is 0.416 e. The fourth-order valence-corrected chi connectivity index (χ4v) is 3.98. The Labute approximate surface area is 181 Å². The van der Waals surface area contributed by atoms with Crippen LogP contribution in [0.1, 0.15) is 49.0 Å². The maximum atomic E-state index is 12.8. The van der Waals surface area contributed by atoms with Crippen LogP contribution < -0.4 is 10.6 Å². The van der Waals surface area contributed by atoms with Crippen molar-refractivity contribution in [2.45, 2.75) is 57.4 Å². The number of hydrogen-bond acceptors (Lipinski definition) is 4. The van der Waals surface area contributed by atoms with Crippen molar-refractivity contribution >= 4 is 11.8 Å². The van der Waals surface area contributed by atoms with Gasteiger partial charge in [-0.15, -0.1) is 0 Å². The number of alkyl halides is 3. The first-order chi connectivity index (χ1) is 14.5. The number of ether oxygens (including phenoxy) is 1.